The summed E-state index contributed by atoms with van der Waals surface area (Å²) in [5.74, 6) is 1.82. The molecule has 3 aromatic rings. The van der Waals surface area contributed by atoms with Gasteiger partial charge in [0.05, 0.1) is 7.11 Å². The Morgan fingerprint density at radius 3 is 2.78 bits per heavy atom. The van der Waals surface area contributed by atoms with Crippen molar-refractivity contribution >= 4 is 29.1 Å². The van der Waals surface area contributed by atoms with Gasteiger partial charge in [0.25, 0.3) is 0 Å². The smallest absolute Gasteiger partial charge is 0.166 e. The number of Topliss-reactive ketones (excluding diaryl/α,β-unsaturated/α-hetero) is 1. The summed E-state index contributed by atoms with van der Waals surface area (Å²) in [6, 6.07) is 5.81. The fraction of sp³-hybridized carbons (Fsp3) is 0.294. The number of methoxy groups -OCH3 is 1. The van der Waals surface area contributed by atoms with Crippen molar-refractivity contribution in [2.75, 3.05) is 7.11 Å². The zero-order chi connectivity index (χ0) is 15.7. The summed E-state index contributed by atoms with van der Waals surface area (Å²) in [4.78, 5) is 16.8. The highest BCUT2D eigenvalue weighted by Gasteiger charge is 2.15. The predicted octanol–water partition coefficient (Wildman–Crippen LogP) is 3.39. The molecule has 0 amide bonds. The first-order valence-electron chi connectivity index (χ1n) is 7.24. The lowest BCUT2D eigenvalue weighted by Crippen LogP contribution is -2.06. The number of nitrogens with zero attached hydrogens (tertiary/aromatic N) is 3. The normalized spacial score (nSPS) is 10.6. The Morgan fingerprint density at radius 2 is 2.13 bits per heavy atom. The molecule has 0 N–H and O–H groups in total. The summed E-state index contributed by atoms with van der Waals surface area (Å²) >= 11 is 0. The molecule has 0 aliphatic heterocycles. The number of rotatable bonds is 5. The van der Waals surface area contributed by atoms with Gasteiger partial charge in [-0.25, -0.2) is 4.98 Å². The van der Waals surface area contributed by atoms with Gasteiger partial charge in [0.15, 0.2) is 5.78 Å². The van der Waals surface area contributed by atoms with Crippen molar-refractivity contribution in [3.63, 3.8) is 0 Å². The number of carbonyl (C=O) groups is 1. The summed E-state index contributed by atoms with van der Waals surface area (Å²) in [6.45, 7) is 2.58. The maximum absolute atomic E-state index is 12.6. The molecule has 1 aromatic carbocycles. The summed E-state index contributed by atoms with van der Waals surface area (Å²) in [5.41, 5.74) is 1.78. The van der Waals surface area contributed by atoms with Crippen LogP contribution in [0.3, 0.4) is 0 Å². The third kappa shape index (κ3) is 3.24. The van der Waals surface area contributed by atoms with Crippen LogP contribution in [0.2, 0.25) is 0 Å². The minimum atomic E-state index is 0. The molecule has 122 valence electrons. The quantitative estimate of drug-likeness (QED) is 0.672. The number of ether oxygens (including phenoxy) is 1. The molecule has 5 nitrogen and oxygen atoms in total. The molecule has 0 spiro atoms. The maximum atomic E-state index is 12.6. The van der Waals surface area contributed by atoms with E-state index >= 15 is 0 Å². The van der Waals surface area contributed by atoms with Crippen LogP contribution < -0.4 is 4.74 Å². The molecule has 6 heteroatoms. The average molecular weight is 334 g/mol. The number of hydrogen-bond acceptors (Lipinski definition) is 3. The summed E-state index contributed by atoms with van der Waals surface area (Å²) < 4.78 is 9.23. The molecule has 2 heterocycles. The second-order valence-electron chi connectivity index (χ2n) is 5.38. The van der Waals surface area contributed by atoms with Crippen LogP contribution in [0.25, 0.3) is 10.9 Å². The van der Waals surface area contributed by atoms with Crippen molar-refractivity contribution in [1.29, 1.82) is 0 Å². The van der Waals surface area contributed by atoms with Crippen LogP contribution >= 0.6 is 12.4 Å². The lowest BCUT2D eigenvalue weighted by atomic mass is 10.1. The Bertz CT molecular complexity index is 836. The van der Waals surface area contributed by atoms with E-state index in [-0.39, 0.29) is 18.2 Å². The summed E-state index contributed by atoms with van der Waals surface area (Å²) in [5, 5.41) is 0.939. The number of hydrogen-bond donors (Lipinski definition) is 0. The number of ketones is 1. The van der Waals surface area contributed by atoms with Crippen molar-refractivity contribution < 1.29 is 9.53 Å². The van der Waals surface area contributed by atoms with Crippen molar-refractivity contribution in [2.45, 2.75) is 19.9 Å². The summed E-state index contributed by atoms with van der Waals surface area (Å²) in [6.07, 6.45) is 6.00. The van der Waals surface area contributed by atoms with E-state index in [0.717, 1.165) is 28.0 Å². The van der Waals surface area contributed by atoms with E-state index < -0.39 is 0 Å². The first kappa shape index (κ1) is 17.1. The number of benzene rings is 1. The Morgan fingerprint density at radius 1 is 1.35 bits per heavy atom. The Kier molecular flexibility index (Phi) is 5.11. The number of fused-ring (bicyclic) bond motifs is 1. The largest absolute Gasteiger partial charge is 0.497 e. The minimum Gasteiger partial charge on any atom is -0.497 e. The second-order valence-corrected chi connectivity index (χ2v) is 5.38. The lowest BCUT2D eigenvalue weighted by molar-refractivity contribution is 0.0978. The Balaban J connectivity index is 0.00000192. The standard InChI is InChI=1S/C17H19N3O2.ClH/c1-12-18-7-9-20(12)8-6-17(21)15-11-19(2)16-5-4-13(22-3)10-14(15)16;/h4-5,7,9-11H,6,8H2,1-3H3;1H. The average Bonchev–Trinajstić information content (AvgIpc) is 3.08. The molecule has 0 aliphatic rings. The van der Waals surface area contributed by atoms with E-state index in [1.807, 2.05) is 53.7 Å². The number of carbonyl (C=O) groups excluding carboxylic acids is 1. The highest BCUT2D eigenvalue weighted by molar-refractivity contribution is 6.08. The lowest BCUT2D eigenvalue weighted by Gasteiger charge is -2.04. The van der Waals surface area contributed by atoms with Crippen molar-refractivity contribution in [2.24, 2.45) is 7.05 Å². The van der Waals surface area contributed by atoms with Gasteiger partial charge >= 0.3 is 0 Å². The molecule has 0 unspecified atom stereocenters. The molecule has 3 rings (SSSR count). The van der Waals surface area contributed by atoms with E-state index in [1.165, 1.54) is 0 Å². The summed E-state index contributed by atoms with van der Waals surface area (Å²) in [7, 11) is 3.58. The van der Waals surface area contributed by atoms with Crippen LogP contribution in [0.15, 0.2) is 36.8 Å². The number of halogens is 1. The van der Waals surface area contributed by atoms with Crippen LogP contribution in [0.4, 0.5) is 0 Å². The number of imidazole rings is 1. The van der Waals surface area contributed by atoms with Gasteiger partial charge < -0.3 is 13.9 Å². The number of aryl methyl sites for hydroxylation is 3. The Hall–Kier alpha value is -2.27. The van der Waals surface area contributed by atoms with Crippen molar-refractivity contribution in [3.05, 3.63) is 48.2 Å². The van der Waals surface area contributed by atoms with Gasteiger partial charge in [-0.1, -0.05) is 0 Å². The molecule has 0 bridgehead atoms. The monoisotopic (exact) mass is 333 g/mol. The number of aromatic nitrogens is 3. The van der Waals surface area contributed by atoms with Crippen LogP contribution in [0.5, 0.6) is 5.75 Å². The molecule has 0 fully saturated rings. The molecule has 0 saturated heterocycles. The van der Waals surface area contributed by atoms with Crippen molar-refractivity contribution in [1.82, 2.24) is 14.1 Å². The van der Waals surface area contributed by atoms with Gasteiger partial charge in [0.2, 0.25) is 0 Å². The topological polar surface area (TPSA) is 49.1 Å². The minimum absolute atomic E-state index is 0. The van der Waals surface area contributed by atoms with E-state index in [1.54, 1.807) is 13.3 Å². The fourth-order valence-electron chi connectivity index (χ4n) is 2.72. The zero-order valence-electron chi connectivity index (χ0n) is 13.4. The molecular formula is C17H20ClN3O2. The van der Waals surface area contributed by atoms with E-state index in [9.17, 15) is 4.79 Å². The molecule has 2 aromatic heterocycles. The van der Waals surface area contributed by atoms with E-state index in [0.29, 0.717) is 13.0 Å². The maximum Gasteiger partial charge on any atom is 0.166 e. The molecule has 0 atom stereocenters. The van der Waals surface area contributed by atoms with Gasteiger partial charge in [-0.05, 0) is 25.1 Å². The molecule has 0 aliphatic carbocycles. The Labute approximate surface area is 141 Å². The highest BCUT2D eigenvalue weighted by atomic mass is 35.5. The fourth-order valence-corrected chi connectivity index (χ4v) is 2.72. The van der Waals surface area contributed by atoms with E-state index in [4.69, 9.17) is 4.74 Å². The molecule has 0 radical (unpaired) electrons. The van der Waals surface area contributed by atoms with Gasteiger partial charge in [-0.15, -0.1) is 12.4 Å². The highest BCUT2D eigenvalue weighted by Crippen LogP contribution is 2.26. The van der Waals surface area contributed by atoms with Crippen LogP contribution in [-0.4, -0.2) is 27.0 Å². The van der Waals surface area contributed by atoms with Gasteiger partial charge in [0, 0.05) is 55.1 Å². The van der Waals surface area contributed by atoms with E-state index in [2.05, 4.69) is 4.98 Å². The SMILES string of the molecule is COc1ccc2c(c1)c(C(=O)CCn1ccnc1C)cn2C.Cl. The molecule has 23 heavy (non-hydrogen) atoms. The van der Waals surface area contributed by atoms with Gasteiger partial charge in [0.1, 0.15) is 11.6 Å². The molecular weight excluding hydrogens is 314 g/mol. The van der Waals surface area contributed by atoms with Crippen LogP contribution in [0, 0.1) is 6.92 Å². The third-order valence-electron chi connectivity index (χ3n) is 4.00. The van der Waals surface area contributed by atoms with Crippen LogP contribution in [-0.2, 0) is 13.6 Å². The van der Waals surface area contributed by atoms with Crippen LogP contribution in [0.1, 0.15) is 22.6 Å². The first-order chi connectivity index (χ1) is 10.6. The van der Waals surface area contributed by atoms with Gasteiger partial charge in [-0.3, -0.25) is 4.79 Å². The molecule has 0 saturated carbocycles. The van der Waals surface area contributed by atoms with Crippen molar-refractivity contribution in [3.8, 4) is 5.75 Å². The van der Waals surface area contributed by atoms with Gasteiger partial charge in [-0.2, -0.15) is 0 Å². The second kappa shape index (κ2) is 6.87. The first-order valence-corrected chi connectivity index (χ1v) is 7.24. The predicted molar refractivity (Wildman–Crippen MR) is 92.6 cm³/mol. The third-order valence-corrected chi connectivity index (χ3v) is 4.00. The zero-order valence-corrected chi connectivity index (χ0v) is 14.3.